The number of thiazole rings is 1. The molecule has 2 aromatic carbocycles. The van der Waals surface area contributed by atoms with E-state index < -0.39 is 0 Å². The molecular formula is C22H27N3OS. The van der Waals surface area contributed by atoms with Crippen molar-refractivity contribution in [1.82, 2.24) is 9.88 Å². The number of aromatic nitrogens is 1. The van der Waals surface area contributed by atoms with Crippen molar-refractivity contribution >= 4 is 32.6 Å². The third-order valence-corrected chi connectivity index (χ3v) is 5.73. The van der Waals surface area contributed by atoms with Crippen LogP contribution in [0.15, 0.2) is 36.4 Å². The van der Waals surface area contributed by atoms with Crippen LogP contribution >= 0.6 is 11.3 Å². The SMILES string of the molecule is Cc1ccc(C(=O)N(CCCN(C)C)c2nc3c(C)cccc3s2)c(C)c1. The van der Waals surface area contributed by atoms with Crippen LogP contribution in [0.4, 0.5) is 5.13 Å². The van der Waals surface area contributed by atoms with E-state index in [1.807, 2.05) is 36.9 Å². The van der Waals surface area contributed by atoms with Gasteiger partial charge < -0.3 is 4.90 Å². The molecule has 0 radical (unpaired) electrons. The Hall–Kier alpha value is -2.24. The molecule has 0 saturated heterocycles. The maximum atomic E-state index is 13.4. The Kier molecular flexibility index (Phi) is 5.92. The summed E-state index contributed by atoms with van der Waals surface area (Å²) in [5.74, 6) is 0.0305. The lowest BCUT2D eigenvalue weighted by molar-refractivity contribution is 0.0985. The van der Waals surface area contributed by atoms with Crippen LogP contribution in [-0.4, -0.2) is 43.0 Å². The first-order valence-electron chi connectivity index (χ1n) is 9.27. The van der Waals surface area contributed by atoms with Crippen molar-refractivity contribution in [2.24, 2.45) is 0 Å². The standard InChI is InChI=1S/C22H27N3OS/c1-15-10-11-18(17(3)14-15)21(26)25(13-7-12-24(4)5)22-23-20-16(2)8-6-9-19(20)27-22/h6,8-11,14H,7,12-13H2,1-5H3. The zero-order chi connectivity index (χ0) is 19.6. The van der Waals surface area contributed by atoms with E-state index in [9.17, 15) is 4.79 Å². The van der Waals surface area contributed by atoms with E-state index in [-0.39, 0.29) is 5.91 Å². The Labute approximate surface area is 165 Å². The van der Waals surface area contributed by atoms with Gasteiger partial charge in [-0.1, -0.05) is 41.2 Å². The maximum Gasteiger partial charge on any atom is 0.260 e. The number of rotatable bonds is 6. The summed E-state index contributed by atoms with van der Waals surface area (Å²) >= 11 is 1.59. The number of carbonyl (C=O) groups excluding carboxylic acids is 1. The minimum Gasteiger partial charge on any atom is -0.309 e. The first kappa shape index (κ1) is 19.5. The topological polar surface area (TPSA) is 36.4 Å². The summed E-state index contributed by atoms with van der Waals surface area (Å²) < 4.78 is 1.12. The molecule has 0 aliphatic heterocycles. The fourth-order valence-corrected chi connectivity index (χ4v) is 4.29. The van der Waals surface area contributed by atoms with Gasteiger partial charge in [-0.25, -0.2) is 4.98 Å². The number of hydrogen-bond acceptors (Lipinski definition) is 4. The van der Waals surface area contributed by atoms with Gasteiger partial charge in [0.05, 0.1) is 10.2 Å². The van der Waals surface area contributed by atoms with Crippen LogP contribution in [0.5, 0.6) is 0 Å². The number of para-hydroxylation sites is 1. The van der Waals surface area contributed by atoms with Crippen molar-refractivity contribution in [3.05, 3.63) is 58.7 Å². The van der Waals surface area contributed by atoms with Gasteiger partial charge in [0.1, 0.15) is 0 Å². The molecule has 1 amide bonds. The van der Waals surface area contributed by atoms with E-state index in [1.165, 1.54) is 5.56 Å². The molecule has 0 saturated carbocycles. The summed E-state index contributed by atoms with van der Waals surface area (Å²) in [4.78, 5) is 22.2. The van der Waals surface area contributed by atoms with Gasteiger partial charge in [0.2, 0.25) is 0 Å². The van der Waals surface area contributed by atoms with Crippen molar-refractivity contribution in [2.45, 2.75) is 27.2 Å². The van der Waals surface area contributed by atoms with Gasteiger partial charge >= 0.3 is 0 Å². The number of nitrogens with zero attached hydrogens (tertiary/aromatic N) is 3. The molecular weight excluding hydrogens is 354 g/mol. The highest BCUT2D eigenvalue weighted by Gasteiger charge is 2.22. The van der Waals surface area contributed by atoms with E-state index in [0.29, 0.717) is 6.54 Å². The van der Waals surface area contributed by atoms with Crippen LogP contribution in [0, 0.1) is 20.8 Å². The van der Waals surface area contributed by atoms with Gasteiger partial charge in [-0.15, -0.1) is 0 Å². The lowest BCUT2D eigenvalue weighted by Crippen LogP contribution is -2.33. The van der Waals surface area contributed by atoms with E-state index in [1.54, 1.807) is 11.3 Å². The van der Waals surface area contributed by atoms with Gasteiger partial charge in [0, 0.05) is 12.1 Å². The van der Waals surface area contributed by atoms with E-state index in [2.05, 4.69) is 44.1 Å². The Morgan fingerprint density at radius 3 is 2.48 bits per heavy atom. The molecule has 27 heavy (non-hydrogen) atoms. The molecule has 1 heterocycles. The minimum absolute atomic E-state index is 0.0305. The van der Waals surface area contributed by atoms with Gasteiger partial charge in [-0.3, -0.25) is 9.69 Å². The predicted octanol–water partition coefficient (Wildman–Crippen LogP) is 4.82. The van der Waals surface area contributed by atoms with Crippen LogP contribution in [0.2, 0.25) is 0 Å². The molecule has 1 aromatic heterocycles. The first-order chi connectivity index (χ1) is 12.9. The third kappa shape index (κ3) is 4.37. The van der Waals surface area contributed by atoms with Crippen molar-refractivity contribution in [1.29, 1.82) is 0 Å². The average Bonchev–Trinajstić information content (AvgIpc) is 3.03. The first-order valence-corrected chi connectivity index (χ1v) is 10.1. The Morgan fingerprint density at radius 2 is 1.81 bits per heavy atom. The number of hydrogen-bond donors (Lipinski definition) is 0. The van der Waals surface area contributed by atoms with Gasteiger partial charge in [-0.05, 0) is 71.1 Å². The normalized spacial score (nSPS) is 11.3. The fraction of sp³-hybridized carbons (Fsp3) is 0.364. The number of aryl methyl sites for hydroxylation is 3. The lowest BCUT2D eigenvalue weighted by Gasteiger charge is -2.22. The molecule has 0 spiro atoms. The minimum atomic E-state index is 0.0305. The molecule has 0 N–H and O–H groups in total. The second-order valence-electron chi connectivity index (χ2n) is 7.35. The largest absolute Gasteiger partial charge is 0.309 e. The van der Waals surface area contributed by atoms with Crippen LogP contribution in [0.1, 0.15) is 33.5 Å². The number of anilines is 1. The van der Waals surface area contributed by atoms with Gasteiger partial charge in [0.15, 0.2) is 5.13 Å². The Morgan fingerprint density at radius 1 is 1.04 bits per heavy atom. The molecule has 3 rings (SSSR count). The third-order valence-electron chi connectivity index (χ3n) is 4.68. The molecule has 0 bridgehead atoms. The predicted molar refractivity (Wildman–Crippen MR) is 115 cm³/mol. The van der Waals surface area contributed by atoms with Crippen molar-refractivity contribution in [3.63, 3.8) is 0 Å². The average molecular weight is 382 g/mol. The van der Waals surface area contributed by atoms with E-state index >= 15 is 0 Å². The molecule has 0 aliphatic rings. The maximum absolute atomic E-state index is 13.4. The quantitative estimate of drug-likeness (QED) is 0.614. The zero-order valence-electron chi connectivity index (χ0n) is 16.7. The van der Waals surface area contributed by atoms with Crippen LogP contribution in [0.25, 0.3) is 10.2 Å². The van der Waals surface area contributed by atoms with Crippen molar-refractivity contribution < 1.29 is 4.79 Å². The highest BCUT2D eigenvalue weighted by molar-refractivity contribution is 7.22. The Bertz CT molecular complexity index is 961. The smallest absolute Gasteiger partial charge is 0.260 e. The highest BCUT2D eigenvalue weighted by Crippen LogP contribution is 2.31. The van der Waals surface area contributed by atoms with Crippen LogP contribution in [-0.2, 0) is 0 Å². The highest BCUT2D eigenvalue weighted by atomic mass is 32.1. The summed E-state index contributed by atoms with van der Waals surface area (Å²) in [6.45, 7) is 7.70. The molecule has 0 aliphatic carbocycles. The zero-order valence-corrected chi connectivity index (χ0v) is 17.6. The number of carbonyl (C=O) groups is 1. The molecule has 3 aromatic rings. The summed E-state index contributed by atoms with van der Waals surface area (Å²) in [6.07, 6.45) is 0.901. The molecule has 4 nitrogen and oxygen atoms in total. The van der Waals surface area contributed by atoms with Gasteiger partial charge in [-0.2, -0.15) is 0 Å². The van der Waals surface area contributed by atoms with E-state index in [4.69, 9.17) is 4.98 Å². The summed E-state index contributed by atoms with van der Waals surface area (Å²) in [6, 6.07) is 12.2. The molecule has 0 atom stereocenters. The molecule has 0 unspecified atom stereocenters. The second-order valence-corrected chi connectivity index (χ2v) is 8.36. The summed E-state index contributed by atoms with van der Waals surface area (Å²) in [7, 11) is 4.11. The lowest BCUT2D eigenvalue weighted by atomic mass is 10.0. The van der Waals surface area contributed by atoms with E-state index in [0.717, 1.165) is 45.0 Å². The van der Waals surface area contributed by atoms with Crippen LogP contribution < -0.4 is 4.90 Å². The summed E-state index contributed by atoms with van der Waals surface area (Å²) in [5, 5.41) is 0.781. The fourth-order valence-electron chi connectivity index (χ4n) is 3.22. The van der Waals surface area contributed by atoms with Crippen LogP contribution in [0.3, 0.4) is 0 Å². The van der Waals surface area contributed by atoms with Crippen molar-refractivity contribution in [2.75, 3.05) is 32.1 Å². The second kappa shape index (κ2) is 8.19. The summed E-state index contributed by atoms with van der Waals surface area (Å²) in [5.41, 5.74) is 5.06. The molecule has 142 valence electrons. The molecule has 0 fully saturated rings. The monoisotopic (exact) mass is 381 g/mol. The molecule has 5 heteroatoms. The number of fused-ring (bicyclic) bond motifs is 1. The Balaban J connectivity index is 1.98. The van der Waals surface area contributed by atoms with Crippen molar-refractivity contribution in [3.8, 4) is 0 Å². The number of benzene rings is 2. The number of amides is 1. The van der Waals surface area contributed by atoms with Gasteiger partial charge in [0.25, 0.3) is 5.91 Å².